The number of ether oxygens (including phenoxy) is 2. The zero-order valence-corrected chi connectivity index (χ0v) is 32.9. The van der Waals surface area contributed by atoms with E-state index in [4.69, 9.17) is 19.4 Å². The van der Waals surface area contributed by atoms with Gasteiger partial charge in [-0.3, -0.25) is 19.1 Å². The molecule has 2 N–H and O–H groups in total. The number of carbonyl (C=O) groups is 3. The number of benzene rings is 1. The molecule has 3 fully saturated rings. The van der Waals surface area contributed by atoms with Crippen LogP contribution in [0.2, 0.25) is 0 Å². The number of rotatable bonds is 8. The molecule has 1 aromatic carbocycles. The number of sulfonamides is 1. The summed E-state index contributed by atoms with van der Waals surface area (Å²) < 4.78 is 39.9. The minimum atomic E-state index is -3.93. The molecule has 3 aliphatic carbocycles. The number of hydrogen-bond acceptors (Lipinski definition) is 10. The molecule has 0 bridgehead atoms. The number of nitrogens with one attached hydrogen (secondary N) is 2. The van der Waals surface area contributed by atoms with Crippen molar-refractivity contribution in [3.8, 4) is 22.2 Å². The molecule has 5 atom stereocenters. The largest absolute Gasteiger partial charge is 0.496 e. The molecule has 3 saturated carbocycles. The monoisotopic (exact) mass is 763 g/mol. The summed E-state index contributed by atoms with van der Waals surface area (Å²) in [6, 6.07) is 5.66. The lowest BCUT2D eigenvalue weighted by molar-refractivity contribution is -0.140. The van der Waals surface area contributed by atoms with E-state index >= 15 is 0 Å². The van der Waals surface area contributed by atoms with E-state index < -0.39 is 50.1 Å². The summed E-state index contributed by atoms with van der Waals surface area (Å²) in [5, 5.41) is 6.54. The molecule has 2 unspecified atom stereocenters. The summed E-state index contributed by atoms with van der Waals surface area (Å²) >= 11 is 1.51. The number of hydrogen-bond donors (Lipinski definition) is 2. The highest BCUT2D eigenvalue weighted by molar-refractivity contribution is 7.91. The first kappa shape index (κ1) is 37.3. The SMILES string of the molecule is COc1ccc2c(OC3CC4C(=O)N(C)CCCCC=C[C@@H]5C[C@@]5(C(=O)NS(=O)(=O)C5(C)CC5)NC(=O)[C@@H]4C3)cc(-c3nc(C(C)C)cs3)nc2c1C. The molecule has 2 aromatic heterocycles. The van der Waals surface area contributed by atoms with Gasteiger partial charge in [0.25, 0.3) is 5.91 Å². The van der Waals surface area contributed by atoms with Crippen molar-refractivity contribution in [1.82, 2.24) is 24.9 Å². The lowest BCUT2D eigenvalue weighted by Crippen LogP contribution is -2.55. The maximum atomic E-state index is 14.3. The summed E-state index contributed by atoms with van der Waals surface area (Å²) in [5.74, 6) is -1.67. The zero-order valence-electron chi connectivity index (χ0n) is 31.2. The van der Waals surface area contributed by atoms with E-state index in [9.17, 15) is 22.8 Å². The van der Waals surface area contributed by atoms with Gasteiger partial charge in [0.05, 0.1) is 34.9 Å². The number of aromatic nitrogens is 2. The standard InChI is InChI=1S/C39H49N5O7S2/c1-22(2)30-21-52-35(41-30)29-19-32(26-12-13-31(50-6)23(3)33(26)40-29)51-25-17-27-28(18-25)36(46)44(5)16-10-8-7-9-11-24-20-39(24,42-34(27)45)37(47)43-53(48,49)38(4)14-15-38/h9,11-13,19,21-22,24-25,27-28H,7-8,10,14-18,20H2,1-6H3,(H,42,45)(H,43,47)/t24-,25?,27-,28?,39-/m1/s1. The number of thiazole rings is 1. The van der Waals surface area contributed by atoms with E-state index in [2.05, 4.69) is 23.9 Å². The third-order valence-electron chi connectivity index (χ3n) is 11.6. The van der Waals surface area contributed by atoms with Crippen LogP contribution in [0.15, 0.2) is 35.7 Å². The van der Waals surface area contributed by atoms with Gasteiger partial charge in [-0.1, -0.05) is 26.0 Å². The lowest BCUT2D eigenvalue weighted by atomic mass is 9.93. The summed E-state index contributed by atoms with van der Waals surface area (Å²) in [5.41, 5.74) is 1.77. The van der Waals surface area contributed by atoms with Crippen LogP contribution in [0.25, 0.3) is 21.6 Å². The van der Waals surface area contributed by atoms with Crippen LogP contribution < -0.4 is 19.5 Å². The van der Waals surface area contributed by atoms with Crippen LogP contribution in [-0.4, -0.2) is 78.1 Å². The van der Waals surface area contributed by atoms with Crippen LogP contribution >= 0.6 is 11.3 Å². The molecule has 4 aliphatic rings. The Balaban J connectivity index is 1.21. The molecule has 3 amide bonds. The van der Waals surface area contributed by atoms with E-state index in [-0.39, 0.29) is 30.6 Å². The molecule has 3 aromatic rings. The Morgan fingerprint density at radius 1 is 1.11 bits per heavy atom. The highest BCUT2D eigenvalue weighted by atomic mass is 32.2. The summed E-state index contributed by atoms with van der Waals surface area (Å²) in [6.07, 6.45) is 7.52. The lowest BCUT2D eigenvalue weighted by Gasteiger charge is -2.27. The van der Waals surface area contributed by atoms with E-state index in [0.717, 1.165) is 40.9 Å². The number of pyridine rings is 1. The van der Waals surface area contributed by atoms with Crippen molar-refractivity contribution in [3.05, 3.63) is 47.0 Å². The summed E-state index contributed by atoms with van der Waals surface area (Å²) in [4.78, 5) is 53.7. The van der Waals surface area contributed by atoms with Gasteiger partial charge in [0, 0.05) is 41.9 Å². The van der Waals surface area contributed by atoms with Gasteiger partial charge >= 0.3 is 0 Å². The van der Waals surface area contributed by atoms with Gasteiger partial charge in [-0.2, -0.15) is 0 Å². The first-order chi connectivity index (χ1) is 25.2. The molecule has 1 aliphatic heterocycles. The normalized spacial score (nSPS) is 27.1. The molecule has 12 nitrogen and oxygen atoms in total. The molecule has 284 valence electrons. The van der Waals surface area contributed by atoms with Gasteiger partial charge < -0.3 is 19.7 Å². The maximum absolute atomic E-state index is 14.3. The summed E-state index contributed by atoms with van der Waals surface area (Å²) in [7, 11) is -0.544. The summed E-state index contributed by atoms with van der Waals surface area (Å²) in [6.45, 7) is 8.31. The fraction of sp³-hybridized carbons (Fsp3) is 0.564. The van der Waals surface area contributed by atoms with Gasteiger partial charge in [0.15, 0.2) is 0 Å². The molecule has 3 heterocycles. The van der Waals surface area contributed by atoms with Crippen molar-refractivity contribution in [2.75, 3.05) is 20.7 Å². The van der Waals surface area contributed by atoms with Crippen LogP contribution in [0.3, 0.4) is 0 Å². The van der Waals surface area contributed by atoms with Gasteiger partial charge in [-0.15, -0.1) is 11.3 Å². The Labute approximate surface area is 315 Å². The first-order valence-corrected chi connectivity index (χ1v) is 20.9. The number of fused-ring (bicyclic) bond motifs is 3. The molecule has 7 rings (SSSR count). The van der Waals surface area contributed by atoms with Gasteiger partial charge in [0.1, 0.15) is 33.8 Å². The van der Waals surface area contributed by atoms with Crippen LogP contribution in [0.4, 0.5) is 0 Å². The molecule has 14 heteroatoms. The molecule has 0 radical (unpaired) electrons. The number of aryl methyl sites for hydroxylation is 1. The van der Waals surface area contributed by atoms with Crippen LogP contribution in [0.5, 0.6) is 11.5 Å². The molecular formula is C39H49N5O7S2. The quantitative estimate of drug-likeness (QED) is 0.277. The number of methoxy groups -OCH3 is 1. The average molecular weight is 764 g/mol. The van der Waals surface area contributed by atoms with E-state index in [1.165, 1.54) is 11.3 Å². The fourth-order valence-corrected chi connectivity index (χ4v) is 9.90. The highest BCUT2D eigenvalue weighted by Crippen LogP contribution is 2.48. The third-order valence-corrected chi connectivity index (χ3v) is 14.7. The minimum Gasteiger partial charge on any atom is -0.496 e. The van der Waals surface area contributed by atoms with Gasteiger partial charge in [-0.05, 0) is 83.3 Å². The van der Waals surface area contributed by atoms with Crippen LogP contribution in [0, 0.1) is 24.7 Å². The van der Waals surface area contributed by atoms with Crippen molar-refractivity contribution in [2.45, 2.75) is 101 Å². The van der Waals surface area contributed by atoms with Gasteiger partial charge in [-0.25, -0.2) is 18.4 Å². The number of allylic oxidation sites excluding steroid dienone is 1. The molecule has 0 saturated heterocycles. The predicted molar refractivity (Wildman–Crippen MR) is 203 cm³/mol. The highest BCUT2D eigenvalue weighted by Gasteiger charge is 2.63. The first-order valence-electron chi connectivity index (χ1n) is 18.6. The van der Waals surface area contributed by atoms with Crippen molar-refractivity contribution in [1.29, 1.82) is 0 Å². The van der Waals surface area contributed by atoms with E-state index in [1.54, 1.807) is 26.0 Å². The Bertz CT molecular complexity index is 2090. The average Bonchev–Trinajstić information content (AvgIpc) is 3.89. The second-order valence-electron chi connectivity index (χ2n) is 15.8. The van der Waals surface area contributed by atoms with Crippen LogP contribution in [-0.2, 0) is 24.4 Å². The fourth-order valence-electron chi connectivity index (χ4n) is 7.65. The minimum absolute atomic E-state index is 0.149. The number of nitrogens with zero attached hydrogens (tertiary/aromatic N) is 3. The number of carbonyl (C=O) groups excluding carboxylic acids is 3. The second-order valence-corrected chi connectivity index (χ2v) is 18.8. The van der Waals surface area contributed by atoms with Crippen LogP contribution in [0.1, 0.15) is 89.3 Å². The second kappa shape index (κ2) is 14.0. The Morgan fingerprint density at radius 3 is 2.57 bits per heavy atom. The predicted octanol–water partition coefficient (Wildman–Crippen LogP) is 5.64. The van der Waals surface area contributed by atoms with E-state index in [0.29, 0.717) is 48.5 Å². The zero-order chi connectivity index (χ0) is 37.9. The van der Waals surface area contributed by atoms with Crippen molar-refractivity contribution < 1.29 is 32.3 Å². The maximum Gasteiger partial charge on any atom is 0.259 e. The topological polar surface area (TPSA) is 157 Å². The Kier molecular flexibility index (Phi) is 9.84. The molecule has 0 spiro atoms. The van der Waals surface area contributed by atoms with Crippen molar-refractivity contribution in [3.63, 3.8) is 0 Å². The molecular weight excluding hydrogens is 715 g/mol. The van der Waals surface area contributed by atoms with Crippen molar-refractivity contribution in [2.24, 2.45) is 17.8 Å². The number of amides is 3. The van der Waals surface area contributed by atoms with Gasteiger partial charge in [0.2, 0.25) is 21.8 Å². The van der Waals surface area contributed by atoms with E-state index in [1.807, 2.05) is 42.7 Å². The Hall–Kier alpha value is -4.04. The Morgan fingerprint density at radius 2 is 1.87 bits per heavy atom. The molecule has 53 heavy (non-hydrogen) atoms. The third kappa shape index (κ3) is 7.04. The smallest absolute Gasteiger partial charge is 0.259 e. The van der Waals surface area contributed by atoms with Crippen molar-refractivity contribution >= 4 is 50.0 Å².